The van der Waals surface area contributed by atoms with Crippen LogP contribution in [-0.4, -0.2) is 19.8 Å². The first-order valence-corrected chi connectivity index (χ1v) is 8.32. The number of anilines is 1. The Labute approximate surface area is 150 Å². The summed E-state index contributed by atoms with van der Waals surface area (Å²) in [6, 6.07) is 13.0. The van der Waals surface area contributed by atoms with Crippen molar-refractivity contribution in [3.63, 3.8) is 0 Å². The molecule has 0 bridgehead atoms. The molecule has 2 aromatic carbocycles. The highest BCUT2D eigenvalue weighted by molar-refractivity contribution is 5.91. The summed E-state index contributed by atoms with van der Waals surface area (Å²) in [5, 5.41) is 5.52. The van der Waals surface area contributed by atoms with E-state index in [2.05, 4.69) is 15.4 Å². The van der Waals surface area contributed by atoms with Crippen LogP contribution in [0.4, 0.5) is 19.3 Å². The molecule has 0 aliphatic heterocycles. The first-order valence-electron chi connectivity index (χ1n) is 8.32. The van der Waals surface area contributed by atoms with E-state index < -0.39 is 12.6 Å². The third kappa shape index (κ3) is 4.62. The minimum absolute atomic E-state index is 0.0786. The zero-order valence-corrected chi connectivity index (χ0v) is 14.2. The molecule has 1 atom stereocenters. The van der Waals surface area contributed by atoms with Gasteiger partial charge in [-0.05, 0) is 48.6 Å². The van der Waals surface area contributed by atoms with E-state index in [-0.39, 0.29) is 17.5 Å². The number of amides is 2. The lowest BCUT2D eigenvalue weighted by Gasteiger charge is -2.20. The van der Waals surface area contributed by atoms with Gasteiger partial charge in [0.1, 0.15) is 11.5 Å². The van der Waals surface area contributed by atoms with Crippen molar-refractivity contribution in [3.8, 4) is 11.5 Å². The molecule has 138 valence electrons. The van der Waals surface area contributed by atoms with Gasteiger partial charge in [-0.25, -0.2) is 4.79 Å². The van der Waals surface area contributed by atoms with Gasteiger partial charge < -0.3 is 20.1 Å². The molecule has 26 heavy (non-hydrogen) atoms. The van der Waals surface area contributed by atoms with Gasteiger partial charge in [0.05, 0.1) is 18.8 Å². The monoisotopic (exact) mass is 362 g/mol. The molecule has 2 aromatic rings. The summed E-state index contributed by atoms with van der Waals surface area (Å²) in [5.74, 6) is 1.03. The Kier molecular flexibility index (Phi) is 5.55. The number of urea groups is 1. The van der Waals surface area contributed by atoms with Gasteiger partial charge in [0.15, 0.2) is 0 Å². The molecular formula is C19H20F2N2O3. The van der Waals surface area contributed by atoms with Crippen molar-refractivity contribution >= 4 is 11.7 Å². The van der Waals surface area contributed by atoms with Gasteiger partial charge in [0.25, 0.3) is 0 Å². The quantitative estimate of drug-likeness (QED) is 0.759. The second-order valence-corrected chi connectivity index (χ2v) is 6.06. The van der Waals surface area contributed by atoms with E-state index in [0.29, 0.717) is 5.92 Å². The molecule has 1 saturated carbocycles. The van der Waals surface area contributed by atoms with E-state index in [1.165, 1.54) is 12.1 Å². The van der Waals surface area contributed by atoms with Crippen LogP contribution in [0.3, 0.4) is 0 Å². The van der Waals surface area contributed by atoms with Crippen LogP contribution in [0.2, 0.25) is 0 Å². The number of carbonyl (C=O) groups is 1. The average molecular weight is 362 g/mol. The van der Waals surface area contributed by atoms with Gasteiger partial charge >= 0.3 is 12.6 Å². The fourth-order valence-electron chi connectivity index (χ4n) is 2.78. The maximum Gasteiger partial charge on any atom is 0.387 e. The van der Waals surface area contributed by atoms with Crippen LogP contribution in [0, 0.1) is 5.92 Å². The highest BCUT2D eigenvalue weighted by Gasteiger charge is 2.33. The highest BCUT2D eigenvalue weighted by Crippen LogP contribution is 2.41. The van der Waals surface area contributed by atoms with Crippen LogP contribution in [0.15, 0.2) is 48.5 Å². The predicted octanol–water partition coefficient (Wildman–Crippen LogP) is 4.57. The molecule has 1 aliphatic rings. The molecule has 5 nitrogen and oxygen atoms in total. The molecule has 0 aromatic heterocycles. The molecule has 0 spiro atoms. The van der Waals surface area contributed by atoms with Crippen molar-refractivity contribution in [2.24, 2.45) is 5.92 Å². The Morgan fingerprint density at radius 3 is 2.42 bits per heavy atom. The minimum Gasteiger partial charge on any atom is -0.497 e. The van der Waals surface area contributed by atoms with Crippen LogP contribution < -0.4 is 20.1 Å². The van der Waals surface area contributed by atoms with E-state index in [0.717, 1.165) is 24.2 Å². The molecule has 0 saturated heterocycles. The van der Waals surface area contributed by atoms with Gasteiger partial charge in [0, 0.05) is 0 Å². The molecule has 1 aliphatic carbocycles. The first kappa shape index (κ1) is 18.0. The second kappa shape index (κ2) is 8.03. The highest BCUT2D eigenvalue weighted by atomic mass is 19.3. The summed E-state index contributed by atoms with van der Waals surface area (Å²) < 4.78 is 34.6. The van der Waals surface area contributed by atoms with Crippen LogP contribution >= 0.6 is 0 Å². The molecule has 2 amide bonds. The zero-order chi connectivity index (χ0) is 18.5. The Morgan fingerprint density at radius 2 is 1.81 bits per heavy atom. The smallest absolute Gasteiger partial charge is 0.387 e. The SMILES string of the molecule is COc1ccc(C(NC(=O)Nc2ccccc2OC(F)F)C2CC2)cc1. The third-order valence-corrected chi connectivity index (χ3v) is 4.21. The molecule has 0 radical (unpaired) electrons. The Balaban J connectivity index is 1.69. The fraction of sp³-hybridized carbons (Fsp3) is 0.316. The lowest BCUT2D eigenvalue weighted by atomic mass is 10.0. The molecule has 0 heterocycles. The number of hydrogen-bond acceptors (Lipinski definition) is 3. The number of hydrogen-bond donors (Lipinski definition) is 2. The summed E-state index contributed by atoms with van der Waals surface area (Å²) >= 11 is 0. The van der Waals surface area contributed by atoms with Crippen molar-refractivity contribution in [2.75, 3.05) is 12.4 Å². The lowest BCUT2D eigenvalue weighted by molar-refractivity contribution is -0.0493. The van der Waals surface area contributed by atoms with Gasteiger partial charge in [-0.15, -0.1) is 0 Å². The van der Waals surface area contributed by atoms with Gasteiger partial charge in [-0.3, -0.25) is 0 Å². The molecule has 1 unspecified atom stereocenters. The van der Waals surface area contributed by atoms with Crippen molar-refractivity contribution in [1.29, 1.82) is 0 Å². The maximum absolute atomic E-state index is 12.5. The number of carbonyl (C=O) groups excluding carboxylic acids is 1. The summed E-state index contributed by atoms with van der Waals surface area (Å²) in [6.07, 6.45) is 2.06. The van der Waals surface area contributed by atoms with Crippen molar-refractivity contribution < 1.29 is 23.0 Å². The van der Waals surface area contributed by atoms with E-state index in [9.17, 15) is 13.6 Å². The summed E-state index contributed by atoms with van der Waals surface area (Å²) in [6.45, 7) is -2.96. The molecule has 2 N–H and O–H groups in total. The van der Waals surface area contributed by atoms with Crippen LogP contribution in [0.25, 0.3) is 0 Å². The van der Waals surface area contributed by atoms with Gasteiger partial charge in [-0.1, -0.05) is 24.3 Å². The van der Waals surface area contributed by atoms with Crippen LogP contribution in [0.1, 0.15) is 24.4 Å². The fourth-order valence-corrected chi connectivity index (χ4v) is 2.78. The number of rotatable bonds is 7. The number of benzene rings is 2. The summed E-state index contributed by atoms with van der Waals surface area (Å²) in [4.78, 5) is 12.4. The number of para-hydroxylation sites is 2. The number of alkyl halides is 2. The van der Waals surface area contributed by atoms with Crippen LogP contribution in [-0.2, 0) is 0 Å². The number of ether oxygens (including phenoxy) is 2. The minimum atomic E-state index is -2.96. The number of halogens is 2. The van der Waals surface area contributed by atoms with Gasteiger partial charge in [0.2, 0.25) is 0 Å². The first-order chi connectivity index (χ1) is 12.6. The lowest BCUT2D eigenvalue weighted by Crippen LogP contribution is -2.33. The van der Waals surface area contributed by atoms with Crippen molar-refractivity contribution in [2.45, 2.75) is 25.5 Å². The van der Waals surface area contributed by atoms with E-state index in [1.54, 1.807) is 19.2 Å². The molecule has 1 fully saturated rings. The van der Waals surface area contributed by atoms with E-state index in [1.807, 2.05) is 24.3 Å². The molecule has 7 heteroatoms. The Morgan fingerprint density at radius 1 is 1.12 bits per heavy atom. The second-order valence-electron chi connectivity index (χ2n) is 6.06. The summed E-state index contributed by atoms with van der Waals surface area (Å²) in [5.41, 5.74) is 1.16. The van der Waals surface area contributed by atoms with Crippen molar-refractivity contribution in [1.82, 2.24) is 5.32 Å². The average Bonchev–Trinajstić information content (AvgIpc) is 3.46. The standard InChI is InChI=1S/C19H20F2N2O3/c1-25-14-10-8-13(9-11-14)17(12-6-7-12)23-19(24)22-15-4-2-3-5-16(15)26-18(20)21/h2-5,8-12,17-18H,6-7H2,1H3,(H2,22,23,24). The molecule has 3 rings (SSSR count). The van der Waals surface area contributed by atoms with E-state index >= 15 is 0 Å². The van der Waals surface area contributed by atoms with Gasteiger partial charge in [-0.2, -0.15) is 8.78 Å². The van der Waals surface area contributed by atoms with Crippen LogP contribution in [0.5, 0.6) is 11.5 Å². The number of methoxy groups -OCH3 is 1. The number of nitrogens with one attached hydrogen (secondary N) is 2. The predicted molar refractivity (Wildman–Crippen MR) is 93.7 cm³/mol. The summed E-state index contributed by atoms with van der Waals surface area (Å²) in [7, 11) is 1.60. The van der Waals surface area contributed by atoms with Crippen molar-refractivity contribution in [3.05, 3.63) is 54.1 Å². The Hall–Kier alpha value is -2.83. The molecular weight excluding hydrogens is 342 g/mol. The Bertz CT molecular complexity index is 749. The van der Waals surface area contributed by atoms with E-state index in [4.69, 9.17) is 4.74 Å². The maximum atomic E-state index is 12.5. The third-order valence-electron chi connectivity index (χ3n) is 4.21. The normalized spacial score (nSPS) is 14.6. The largest absolute Gasteiger partial charge is 0.497 e. The zero-order valence-electron chi connectivity index (χ0n) is 14.2. The topological polar surface area (TPSA) is 59.6 Å².